The summed E-state index contributed by atoms with van der Waals surface area (Å²) in [6.07, 6.45) is 54.2. The van der Waals surface area contributed by atoms with Gasteiger partial charge in [-0.15, -0.1) is 23.5 Å². The predicted octanol–water partition coefficient (Wildman–Crippen LogP) is 29.6. The predicted molar refractivity (Wildman–Crippen MR) is 597 cm³/mol. The zero-order valence-electron chi connectivity index (χ0n) is 82.8. The minimum Gasteiger partial charge on any atom is -0.497 e. The van der Waals surface area contributed by atoms with E-state index in [1.807, 2.05) is 259 Å². The number of non-ortho nitro benzene ring substituents is 1. The number of rotatable bonds is 31. The second-order valence-corrected chi connectivity index (χ2v) is 41.2. The smallest absolute Gasteiger partial charge is 0.269 e. The van der Waals surface area contributed by atoms with Gasteiger partial charge in [0.25, 0.3) is 5.69 Å². The highest BCUT2D eigenvalue weighted by Gasteiger charge is 2.32. The number of ether oxygens (including phenoxy) is 2. The van der Waals surface area contributed by atoms with Gasteiger partial charge < -0.3 is 14.4 Å². The Labute approximate surface area is 870 Å². The molecule has 143 heavy (non-hydrogen) atoms. The first-order valence-corrected chi connectivity index (χ1v) is 51.9. The number of nitro groups is 1. The molecule has 0 radical (unpaired) electrons. The third-order valence-corrected chi connectivity index (χ3v) is 26.6. The summed E-state index contributed by atoms with van der Waals surface area (Å²) >= 11 is 18.9. The fourth-order valence-corrected chi connectivity index (χ4v) is 15.6. The van der Waals surface area contributed by atoms with Gasteiger partial charge in [-0.25, -0.2) is 0 Å². The van der Waals surface area contributed by atoms with E-state index in [0.29, 0.717) is 45.1 Å². The molecule has 8 aliphatic rings. The first kappa shape index (κ1) is 114. The van der Waals surface area contributed by atoms with Crippen molar-refractivity contribution in [2.45, 2.75) is 129 Å². The molecule has 8 fully saturated rings. The van der Waals surface area contributed by atoms with Gasteiger partial charge in [0, 0.05) is 117 Å². The largest absolute Gasteiger partial charge is 0.497 e. The Morgan fingerprint density at radius 1 is 0.371 bits per heavy atom. The molecule has 21 heteroatoms. The molecule has 16 nitrogen and oxygen atoms in total. The average Bonchev–Trinajstić information content (AvgIpc) is 1.74. The average molecular weight is 2060 g/mol. The number of hydrogen-bond donors (Lipinski definition) is 0. The van der Waals surface area contributed by atoms with Crippen LogP contribution in [0.3, 0.4) is 0 Å². The molecule has 0 bridgehead atoms. The number of nitrogens with zero attached hydrogens (tertiary/aromatic N) is 3. The number of carbonyl (C=O) groups excluding carboxylic acids is 9. The number of halogens is 3. The maximum absolute atomic E-state index is 11.6. The summed E-state index contributed by atoms with van der Waals surface area (Å²) in [4.78, 5) is 118. The van der Waals surface area contributed by atoms with Crippen LogP contribution in [0.25, 0.3) is 60.8 Å². The van der Waals surface area contributed by atoms with Crippen molar-refractivity contribution in [1.82, 2.24) is 4.98 Å². The Morgan fingerprint density at radius 2 is 0.636 bits per heavy atom. The molecular weight excluding hydrogens is 1930 g/mol. The Kier molecular flexibility index (Phi) is 48.7. The molecule has 0 atom stereocenters. The third kappa shape index (κ3) is 48.6. The molecule has 1 aliphatic heterocycles. The first-order chi connectivity index (χ1) is 68.8. The van der Waals surface area contributed by atoms with Crippen molar-refractivity contribution in [3.8, 4) is 11.5 Å². The van der Waals surface area contributed by atoms with E-state index in [9.17, 15) is 53.3 Å². The lowest BCUT2D eigenvalue weighted by molar-refractivity contribution is -0.384. The summed E-state index contributed by atoms with van der Waals surface area (Å²) in [5.74, 6) is 8.29. The van der Waals surface area contributed by atoms with Gasteiger partial charge in [-0.3, -0.25) is 58.2 Å². The van der Waals surface area contributed by atoms with Crippen molar-refractivity contribution < 1.29 is 57.5 Å². The van der Waals surface area contributed by atoms with E-state index in [1.54, 1.807) is 106 Å². The monoisotopic (exact) mass is 2060 g/mol. The summed E-state index contributed by atoms with van der Waals surface area (Å²) in [7, 11) is 7.30. The zero-order valence-corrected chi connectivity index (χ0v) is 87.5. The van der Waals surface area contributed by atoms with Gasteiger partial charge in [-0.2, -0.15) is 0 Å². The number of pyridine rings is 1. The summed E-state index contributed by atoms with van der Waals surface area (Å²) in [5, 5.41) is 11.8. The Bertz CT molecular complexity index is 5900. The minimum absolute atomic E-state index is 0.0517. The van der Waals surface area contributed by atoms with E-state index in [0.717, 1.165) is 161 Å². The van der Waals surface area contributed by atoms with Crippen LogP contribution in [0.1, 0.15) is 179 Å². The van der Waals surface area contributed by atoms with Gasteiger partial charge in [-0.1, -0.05) is 260 Å². The minimum atomic E-state index is -0.442. The quantitative estimate of drug-likeness (QED) is 0.0223. The second-order valence-electron chi connectivity index (χ2n) is 36.6. The summed E-state index contributed by atoms with van der Waals surface area (Å²) < 4.78 is 11.8. The molecule has 0 N–H and O–H groups in total. The lowest BCUT2D eigenvalue weighted by Gasteiger charge is -2.12. The van der Waals surface area contributed by atoms with Crippen LogP contribution in [0.15, 0.2) is 314 Å². The number of allylic oxidation sites excluding steroid dienone is 9. The van der Waals surface area contributed by atoms with Crippen LogP contribution in [0.2, 0.25) is 10.0 Å². The molecule has 7 saturated carbocycles. The number of anilines is 1. The van der Waals surface area contributed by atoms with E-state index in [1.165, 1.54) is 47.4 Å². The number of nitro benzene ring substituents is 1. The van der Waals surface area contributed by atoms with Crippen LogP contribution in [-0.2, 0) is 43.2 Å². The first-order valence-electron chi connectivity index (χ1n) is 48.3. The van der Waals surface area contributed by atoms with Gasteiger partial charge in [-0.05, 0) is 311 Å². The van der Waals surface area contributed by atoms with Gasteiger partial charge in [0.2, 0.25) is 0 Å². The summed E-state index contributed by atoms with van der Waals surface area (Å²) in [6.45, 7) is 9.30. The zero-order chi connectivity index (χ0) is 103. The van der Waals surface area contributed by atoms with Crippen LogP contribution < -0.4 is 14.4 Å². The van der Waals surface area contributed by atoms with Gasteiger partial charge >= 0.3 is 0 Å². The molecule has 0 unspecified atom stereocenters. The Morgan fingerprint density at radius 3 is 0.923 bits per heavy atom. The van der Waals surface area contributed by atoms with Crippen molar-refractivity contribution in [2.75, 3.05) is 44.7 Å². The maximum Gasteiger partial charge on any atom is 0.269 e. The fraction of sp³-hybridized carbons (Fsp3) is 0.279. The van der Waals surface area contributed by atoms with E-state index >= 15 is 0 Å². The van der Waals surface area contributed by atoms with Crippen molar-refractivity contribution in [1.29, 1.82) is 0 Å². The number of benzene rings is 9. The molecule has 10 aromatic rings. The number of hydrogen-bond acceptors (Lipinski definition) is 17. The standard InChI is InChI=1S/C14H17NO.C13H15ClO.C13H14O2.C13H14O.C12H11BrO.C12H11ClO.C12H11NO3.C11H11NO.C11H12O2.C11H12S2/c1-15(2)13-8-3-11(4-9-13)5-10-14(16)12-6-7-12;1-13(2,3)12(15)9-6-10-4-7-11(14)8-5-10;1-15-12-7-2-10(3-8-12)4-9-13(14)11-5-6-11;1-10-2-4-11(5-3-10)6-9-13(14)12-7-8-12;2*13-11-6-1-9(2-7-11)3-8-12(14)10-4-5-10;14-12(10-4-5-10)8-3-9-1-6-11(7-2-9)13(15)16;13-11(10-2-3-10)4-1-9-5-7-12-8-6-9;1-9(12)3-4-10-5-7-11(13-2)8-6-10;1-2-4-10(5-3-1)6-7-11-12-8-9-13-11/h3-5,8-10,12H,6-7H2,1-2H3;4-9H,1-3H3;2-4,7-9,11H,5-6H2,1H3;2-6,9,12H,7-8H2,1H3;2*1-3,6-8,10H,4-5H2;1-3,6-8,10H,4-5H2;1,4-8,10H,2-3H2;3-8H,1-2H3;1-7,11H,8-9H2/b10-5+;9-6+;9-4+;9-6+;3*8-3+;4-1+;4-3+;7-6+. The highest BCUT2D eigenvalue weighted by Crippen LogP contribution is 2.37. The number of thioether (sulfide) groups is 2. The molecule has 9 aromatic carbocycles. The molecule has 0 amide bonds. The van der Waals surface area contributed by atoms with E-state index < -0.39 is 4.92 Å². The fourth-order valence-electron chi connectivity index (χ4n) is 12.5. The number of carbonyl (C=O) groups is 9. The van der Waals surface area contributed by atoms with E-state index in [4.69, 9.17) is 32.7 Å². The number of aryl methyl sites for hydroxylation is 1. The van der Waals surface area contributed by atoms with E-state index in [2.05, 4.69) is 99.5 Å². The molecule has 742 valence electrons. The van der Waals surface area contributed by atoms with Crippen molar-refractivity contribution in [2.24, 2.45) is 46.8 Å². The normalized spacial score (nSPS) is 15.1. The molecule has 18 rings (SSSR count). The molecule has 7 aliphatic carbocycles. The molecule has 2 heterocycles. The van der Waals surface area contributed by atoms with Crippen LogP contribution in [0.4, 0.5) is 11.4 Å². The topological polar surface area (TPSA) is 231 Å². The lowest BCUT2D eigenvalue weighted by Crippen LogP contribution is -2.17. The molecule has 0 spiro atoms. The SMILES string of the molecule is C(=C\C1SCCS1)/c1ccccc1.CC(C)(C)C(=O)/C=C/c1ccc(Cl)cc1.CN(C)c1ccc(/C=C/C(=O)C2CC2)cc1.COc1ccc(/C=C/C(=O)C2CC2)cc1.COc1ccc(/C=C/C(C)=O)cc1.Cc1ccc(/C=C/C(=O)C2CC2)cc1.O=C(/C=C/c1ccc(Br)cc1)C1CC1.O=C(/C=C/c1ccc(Cl)cc1)C1CC1.O=C(/C=C/c1ccc([N+](=O)[O-])cc1)C1CC1.O=C(/C=C/c1ccncc1)C1CC1. The molecule has 1 saturated heterocycles. The van der Waals surface area contributed by atoms with Crippen molar-refractivity contribution >= 4 is 187 Å². The van der Waals surface area contributed by atoms with Gasteiger partial charge in [0.05, 0.1) is 23.7 Å². The number of methoxy groups -OCH3 is 2. The third-order valence-electron chi connectivity index (χ3n) is 22.6. The van der Waals surface area contributed by atoms with Gasteiger partial charge in [0.15, 0.2) is 52.0 Å². The van der Waals surface area contributed by atoms with Crippen LogP contribution in [0.5, 0.6) is 11.5 Å². The highest BCUT2D eigenvalue weighted by molar-refractivity contribution is 9.10. The Hall–Kier alpha value is -12.9. The number of aromatic nitrogens is 1. The van der Waals surface area contributed by atoms with Crippen molar-refractivity contribution in [3.05, 3.63) is 396 Å². The Balaban J connectivity index is 0.000000177. The van der Waals surface area contributed by atoms with Crippen molar-refractivity contribution in [3.63, 3.8) is 0 Å². The van der Waals surface area contributed by atoms with Crippen LogP contribution in [0, 0.1) is 63.9 Å². The van der Waals surface area contributed by atoms with E-state index in [-0.39, 0.29) is 69.1 Å². The number of ketones is 9. The summed E-state index contributed by atoms with van der Waals surface area (Å²) in [6, 6.07) is 74.7. The second kappa shape index (κ2) is 61.2. The van der Waals surface area contributed by atoms with Crippen LogP contribution >= 0.6 is 62.7 Å². The lowest BCUT2D eigenvalue weighted by atomic mass is 9.90. The maximum atomic E-state index is 11.6. The molecular formula is C122H128BrCl2N3O13S2. The van der Waals surface area contributed by atoms with Crippen LogP contribution in [-0.4, -0.2) is 106 Å². The van der Waals surface area contributed by atoms with Gasteiger partial charge in [0.1, 0.15) is 11.5 Å². The summed E-state index contributed by atoms with van der Waals surface area (Å²) in [5.41, 5.74) is 12.6. The molecule has 1 aromatic heterocycles. The highest BCUT2D eigenvalue weighted by atomic mass is 79.9.